The Kier molecular flexibility index (Phi) is 6.10. The Morgan fingerprint density at radius 2 is 2.05 bits per heavy atom. The Bertz CT molecular complexity index is 497. The van der Waals surface area contributed by atoms with Gasteiger partial charge < -0.3 is 20.2 Å². The second kappa shape index (κ2) is 7.58. The number of anilines is 2. The van der Waals surface area contributed by atoms with Crippen LogP contribution in [0, 0.1) is 5.41 Å². The highest BCUT2D eigenvalue weighted by Gasteiger charge is 2.17. The lowest BCUT2D eigenvalue weighted by molar-refractivity contribution is 0.0636. The molecule has 0 aromatic carbocycles. The molecule has 21 heavy (non-hydrogen) atoms. The SMILES string of the molecule is COCCNc1cncc(NC(=O)OC(C)(C)C)c1C=N. The highest BCUT2D eigenvalue weighted by molar-refractivity contribution is 5.98. The zero-order valence-corrected chi connectivity index (χ0v) is 12.8. The molecule has 0 fully saturated rings. The van der Waals surface area contributed by atoms with Crippen molar-refractivity contribution in [3.8, 4) is 0 Å². The second-order valence-electron chi connectivity index (χ2n) is 5.34. The fourth-order valence-corrected chi connectivity index (χ4v) is 1.57. The summed E-state index contributed by atoms with van der Waals surface area (Å²) in [6.45, 7) is 6.46. The lowest BCUT2D eigenvalue weighted by atomic mass is 10.2. The van der Waals surface area contributed by atoms with Gasteiger partial charge in [0.2, 0.25) is 0 Å². The molecule has 1 heterocycles. The smallest absolute Gasteiger partial charge is 0.412 e. The molecular weight excluding hydrogens is 272 g/mol. The zero-order valence-electron chi connectivity index (χ0n) is 12.8. The van der Waals surface area contributed by atoms with Crippen LogP contribution in [0.2, 0.25) is 0 Å². The second-order valence-corrected chi connectivity index (χ2v) is 5.34. The fourth-order valence-electron chi connectivity index (χ4n) is 1.57. The highest BCUT2D eigenvalue weighted by atomic mass is 16.6. The third kappa shape index (κ3) is 5.78. The molecule has 7 heteroatoms. The van der Waals surface area contributed by atoms with Gasteiger partial charge in [-0.2, -0.15) is 0 Å². The summed E-state index contributed by atoms with van der Waals surface area (Å²) in [4.78, 5) is 15.8. The van der Waals surface area contributed by atoms with E-state index in [4.69, 9.17) is 14.9 Å². The van der Waals surface area contributed by atoms with Gasteiger partial charge in [-0.15, -0.1) is 0 Å². The Balaban J connectivity index is 2.84. The maximum atomic E-state index is 11.8. The van der Waals surface area contributed by atoms with Gasteiger partial charge >= 0.3 is 6.09 Å². The first-order chi connectivity index (χ1) is 9.87. The summed E-state index contributed by atoms with van der Waals surface area (Å²) < 4.78 is 10.1. The first-order valence-corrected chi connectivity index (χ1v) is 6.58. The molecule has 0 aliphatic carbocycles. The number of hydrogen-bond donors (Lipinski definition) is 3. The summed E-state index contributed by atoms with van der Waals surface area (Å²) in [5.74, 6) is 0. The third-order valence-electron chi connectivity index (χ3n) is 2.39. The summed E-state index contributed by atoms with van der Waals surface area (Å²) in [5.41, 5.74) is 1.01. The van der Waals surface area contributed by atoms with E-state index in [1.54, 1.807) is 34.1 Å². The van der Waals surface area contributed by atoms with Crippen LogP contribution in [-0.2, 0) is 9.47 Å². The van der Waals surface area contributed by atoms with E-state index in [-0.39, 0.29) is 0 Å². The van der Waals surface area contributed by atoms with Crippen molar-refractivity contribution in [1.29, 1.82) is 5.41 Å². The van der Waals surface area contributed by atoms with Crippen LogP contribution in [0.25, 0.3) is 0 Å². The number of carbonyl (C=O) groups excluding carboxylic acids is 1. The van der Waals surface area contributed by atoms with Crippen molar-refractivity contribution in [1.82, 2.24) is 4.98 Å². The molecule has 116 valence electrons. The molecule has 1 amide bonds. The minimum Gasteiger partial charge on any atom is -0.444 e. The quantitative estimate of drug-likeness (QED) is 0.553. The molecule has 7 nitrogen and oxygen atoms in total. The van der Waals surface area contributed by atoms with Gasteiger partial charge in [0.05, 0.1) is 30.4 Å². The van der Waals surface area contributed by atoms with Gasteiger partial charge in [0.15, 0.2) is 0 Å². The topological polar surface area (TPSA) is 96.3 Å². The molecule has 0 aliphatic rings. The van der Waals surface area contributed by atoms with E-state index >= 15 is 0 Å². The number of aromatic nitrogens is 1. The molecule has 0 saturated heterocycles. The van der Waals surface area contributed by atoms with E-state index in [9.17, 15) is 4.79 Å². The van der Waals surface area contributed by atoms with Crippen molar-refractivity contribution in [3.05, 3.63) is 18.0 Å². The molecular formula is C14H22N4O3. The highest BCUT2D eigenvalue weighted by Crippen LogP contribution is 2.21. The monoisotopic (exact) mass is 294 g/mol. The van der Waals surface area contributed by atoms with Gasteiger partial charge in [0, 0.05) is 25.4 Å². The zero-order chi connectivity index (χ0) is 15.9. The van der Waals surface area contributed by atoms with Gasteiger partial charge in [-0.05, 0) is 20.8 Å². The first kappa shape index (κ1) is 16.9. The molecule has 0 unspecified atom stereocenters. The number of nitrogens with zero attached hydrogens (tertiary/aromatic N) is 1. The molecule has 0 atom stereocenters. The molecule has 0 aliphatic heterocycles. The van der Waals surface area contributed by atoms with Crippen LogP contribution in [0.3, 0.4) is 0 Å². The van der Waals surface area contributed by atoms with Crippen LogP contribution in [-0.4, -0.2) is 43.2 Å². The molecule has 0 saturated carbocycles. The van der Waals surface area contributed by atoms with E-state index in [1.165, 1.54) is 6.20 Å². The van der Waals surface area contributed by atoms with Crippen LogP contribution in [0.4, 0.5) is 16.2 Å². The van der Waals surface area contributed by atoms with Crippen LogP contribution in [0.15, 0.2) is 12.4 Å². The van der Waals surface area contributed by atoms with Crippen molar-refractivity contribution >= 4 is 23.7 Å². The van der Waals surface area contributed by atoms with Crippen LogP contribution >= 0.6 is 0 Å². The van der Waals surface area contributed by atoms with E-state index in [0.29, 0.717) is 30.1 Å². The van der Waals surface area contributed by atoms with Gasteiger partial charge in [0.1, 0.15) is 5.60 Å². The van der Waals surface area contributed by atoms with E-state index in [1.807, 2.05) is 0 Å². The van der Waals surface area contributed by atoms with Crippen LogP contribution < -0.4 is 10.6 Å². The maximum absolute atomic E-state index is 11.8. The number of hydrogen-bond acceptors (Lipinski definition) is 6. The van der Waals surface area contributed by atoms with Gasteiger partial charge in [-0.3, -0.25) is 10.3 Å². The normalized spacial score (nSPS) is 10.9. The number of amides is 1. The number of methoxy groups -OCH3 is 1. The number of rotatable bonds is 6. The minimum atomic E-state index is -0.587. The van der Waals surface area contributed by atoms with E-state index in [2.05, 4.69) is 15.6 Å². The number of nitrogens with one attached hydrogen (secondary N) is 3. The summed E-state index contributed by atoms with van der Waals surface area (Å²) >= 11 is 0. The number of carbonyl (C=O) groups is 1. The molecule has 1 rings (SSSR count). The van der Waals surface area contributed by atoms with Gasteiger partial charge in [-0.1, -0.05) is 0 Å². The lowest BCUT2D eigenvalue weighted by Crippen LogP contribution is -2.27. The molecule has 0 bridgehead atoms. The summed E-state index contributed by atoms with van der Waals surface area (Å²) in [6, 6.07) is 0. The van der Waals surface area contributed by atoms with Crippen molar-refractivity contribution in [2.75, 3.05) is 30.9 Å². The first-order valence-electron chi connectivity index (χ1n) is 6.58. The van der Waals surface area contributed by atoms with Crippen molar-refractivity contribution in [2.24, 2.45) is 0 Å². The molecule has 1 aromatic heterocycles. The number of pyridine rings is 1. The number of ether oxygens (including phenoxy) is 2. The lowest BCUT2D eigenvalue weighted by Gasteiger charge is -2.20. The summed E-state index contributed by atoms with van der Waals surface area (Å²) in [7, 11) is 1.61. The average Bonchev–Trinajstić information content (AvgIpc) is 2.37. The average molecular weight is 294 g/mol. The largest absolute Gasteiger partial charge is 0.444 e. The van der Waals surface area contributed by atoms with E-state index in [0.717, 1.165) is 6.21 Å². The van der Waals surface area contributed by atoms with Gasteiger partial charge in [-0.25, -0.2) is 4.79 Å². The Morgan fingerprint density at radius 3 is 2.62 bits per heavy atom. The molecule has 3 N–H and O–H groups in total. The van der Waals surface area contributed by atoms with Crippen LogP contribution in [0.5, 0.6) is 0 Å². The van der Waals surface area contributed by atoms with Gasteiger partial charge in [0.25, 0.3) is 0 Å². The Labute approximate surface area is 124 Å². The summed E-state index contributed by atoms with van der Waals surface area (Å²) in [6.07, 6.45) is 3.65. The third-order valence-corrected chi connectivity index (χ3v) is 2.39. The standard InChI is InChI=1S/C14H22N4O3/c1-14(2,3)21-13(19)18-12-9-16-8-11(10(12)7-15)17-5-6-20-4/h7-9,15,17H,5-6H2,1-4H3,(H,18,19). The predicted molar refractivity (Wildman–Crippen MR) is 82.3 cm³/mol. The Morgan fingerprint density at radius 1 is 1.38 bits per heavy atom. The molecule has 0 spiro atoms. The maximum Gasteiger partial charge on any atom is 0.412 e. The van der Waals surface area contributed by atoms with Crippen molar-refractivity contribution < 1.29 is 14.3 Å². The summed E-state index contributed by atoms with van der Waals surface area (Å²) in [5, 5.41) is 13.2. The molecule has 1 aromatic rings. The fraction of sp³-hybridized carbons (Fsp3) is 0.500. The Hall–Kier alpha value is -2.15. The predicted octanol–water partition coefficient (Wildman–Crippen LogP) is 2.48. The van der Waals surface area contributed by atoms with Crippen LogP contribution in [0.1, 0.15) is 26.3 Å². The minimum absolute atomic E-state index is 0.418. The van der Waals surface area contributed by atoms with Crippen molar-refractivity contribution in [2.45, 2.75) is 26.4 Å². The molecule has 0 radical (unpaired) electrons. The van der Waals surface area contributed by atoms with Crippen molar-refractivity contribution in [3.63, 3.8) is 0 Å². The van der Waals surface area contributed by atoms with E-state index < -0.39 is 11.7 Å².